The summed E-state index contributed by atoms with van der Waals surface area (Å²) in [6.07, 6.45) is 0.691. The van der Waals surface area contributed by atoms with Crippen molar-refractivity contribution in [1.82, 2.24) is 0 Å². The second-order valence-electron chi connectivity index (χ2n) is 11.2. The lowest BCUT2D eigenvalue weighted by Gasteiger charge is -2.30. The summed E-state index contributed by atoms with van der Waals surface area (Å²) in [4.78, 5) is 37.9. The Balaban J connectivity index is 1.49. The summed E-state index contributed by atoms with van der Waals surface area (Å²) >= 11 is 0. The molecule has 0 bridgehead atoms. The number of hydrogen-bond acceptors (Lipinski definition) is 7. The van der Waals surface area contributed by atoms with Crippen molar-refractivity contribution in [2.45, 2.75) is 37.3 Å². The molecule has 0 saturated carbocycles. The van der Waals surface area contributed by atoms with Gasteiger partial charge in [-0.15, -0.1) is 0 Å². The number of cyclic esters (lactones) is 1. The van der Waals surface area contributed by atoms with Gasteiger partial charge in [0.05, 0.1) is 17.1 Å². The molecule has 5 rings (SSSR count). The third kappa shape index (κ3) is 8.08. The number of ketones is 1. The predicted molar refractivity (Wildman–Crippen MR) is 168 cm³/mol. The van der Waals surface area contributed by atoms with Crippen LogP contribution in [-0.4, -0.2) is 28.4 Å². The molecule has 0 radical (unpaired) electrons. The van der Waals surface area contributed by atoms with E-state index in [9.17, 15) is 33.6 Å². The number of nitrogens with one attached hydrogen (secondary N) is 1. The SMILES string of the molecule is O=C1OC[C@H](c2ccccc2)C=C1CC(=O)[C@H](CC[C@H](O)c1ccc(F)cc1)[C@@H](Nc1ccc(F)cc1)c1ccc([N+](=O)[O-])cc1. The molecule has 8 nitrogen and oxygen atoms in total. The highest BCUT2D eigenvalue weighted by Crippen LogP contribution is 2.36. The van der Waals surface area contributed by atoms with Crippen LogP contribution in [0.1, 0.15) is 54.0 Å². The molecule has 0 unspecified atom stereocenters. The standard InChI is InChI=1S/C36H32F2N2O6/c37-28-10-6-24(7-11-28)33(41)19-18-32(34(42)21-26-20-27(22-46-36(26)43)23-4-2-1-3-5-23)35(39-30-14-12-29(38)13-15-30)25-8-16-31(17-9-25)40(44)45/h1-17,20,27,32-33,35,39,41H,18-19,21-22H2/t27-,32+,33+,35+/m1/s1. The first-order chi connectivity index (χ1) is 22.2. The van der Waals surface area contributed by atoms with Crippen molar-refractivity contribution >= 4 is 23.1 Å². The fourth-order valence-electron chi connectivity index (χ4n) is 5.61. The molecule has 4 atom stereocenters. The number of nitrogens with zero attached hydrogens (tertiary/aromatic N) is 1. The second-order valence-corrected chi connectivity index (χ2v) is 11.2. The molecular weight excluding hydrogens is 594 g/mol. The second kappa shape index (κ2) is 14.7. The van der Waals surface area contributed by atoms with Gasteiger partial charge in [0.2, 0.25) is 0 Å². The Labute approximate surface area is 264 Å². The van der Waals surface area contributed by atoms with Crippen molar-refractivity contribution in [2.24, 2.45) is 5.92 Å². The fraction of sp³-hybridized carbons (Fsp3) is 0.222. The Morgan fingerprint density at radius 1 is 0.891 bits per heavy atom. The van der Waals surface area contributed by atoms with Gasteiger partial charge in [-0.1, -0.05) is 60.7 Å². The molecule has 0 spiro atoms. The number of aliphatic hydroxyl groups excluding tert-OH is 1. The maximum atomic E-state index is 14.2. The number of hydrogen-bond donors (Lipinski definition) is 2. The molecule has 0 aliphatic carbocycles. The topological polar surface area (TPSA) is 119 Å². The van der Waals surface area contributed by atoms with E-state index in [1.54, 1.807) is 6.08 Å². The van der Waals surface area contributed by atoms with Gasteiger partial charge in [0.15, 0.2) is 0 Å². The van der Waals surface area contributed by atoms with E-state index in [-0.39, 0.29) is 48.8 Å². The van der Waals surface area contributed by atoms with Crippen LogP contribution >= 0.6 is 0 Å². The van der Waals surface area contributed by atoms with E-state index in [4.69, 9.17) is 4.74 Å². The molecule has 46 heavy (non-hydrogen) atoms. The minimum atomic E-state index is -1.03. The molecule has 10 heteroatoms. The summed E-state index contributed by atoms with van der Waals surface area (Å²) in [7, 11) is 0. The summed E-state index contributed by atoms with van der Waals surface area (Å²) in [6.45, 7) is 0.144. The summed E-state index contributed by atoms with van der Waals surface area (Å²) < 4.78 is 32.7. The quantitative estimate of drug-likeness (QED) is 0.0903. The smallest absolute Gasteiger partial charge is 0.334 e. The van der Waals surface area contributed by atoms with Crippen molar-refractivity contribution < 1.29 is 33.1 Å². The van der Waals surface area contributed by atoms with E-state index in [1.807, 2.05) is 30.3 Å². The van der Waals surface area contributed by atoms with Crippen LogP contribution in [0.5, 0.6) is 0 Å². The summed E-state index contributed by atoms with van der Waals surface area (Å²) in [5.41, 5.74) is 2.49. The molecular formula is C36H32F2N2O6. The van der Waals surface area contributed by atoms with Crippen molar-refractivity contribution in [3.63, 3.8) is 0 Å². The van der Waals surface area contributed by atoms with Crippen LogP contribution < -0.4 is 5.32 Å². The first-order valence-corrected chi connectivity index (χ1v) is 14.8. The van der Waals surface area contributed by atoms with Gasteiger partial charge in [-0.25, -0.2) is 13.6 Å². The lowest BCUT2D eigenvalue weighted by atomic mass is 9.81. The number of esters is 1. The van der Waals surface area contributed by atoms with Crippen LogP contribution in [0.4, 0.5) is 20.2 Å². The molecule has 236 valence electrons. The average molecular weight is 627 g/mol. The van der Waals surface area contributed by atoms with Crippen LogP contribution in [0.25, 0.3) is 0 Å². The van der Waals surface area contributed by atoms with E-state index in [0.717, 1.165) is 5.56 Å². The van der Waals surface area contributed by atoms with Gasteiger partial charge in [0, 0.05) is 41.6 Å². The molecule has 1 aliphatic rings. The molecule has 4 aromatic carbocycles. The number of Topliss-reactive ketones (excluding diaryl/α,β-unsaturated/α-hetero) is 1. The van der Waals surface area contributed by atoms with E-state index in [0.29, 0.717) is 16.8 Å². The lowest BCUT2D eigenvalue weighted by Crippen LogP contribution is -2.30. The molecule has 0 fully saturated rings. The number of carbonyl (C=O) groups is 2. The maximum absolute atomic E-state index is 14.2. The van der Waals surface area contributed by atoms with Crippen LogP contribution in [0.15, 0.2) is 115 Å². The van der Waals surface area contributed by atoms with Crippen LogP contribution in [0.3, 0.4) is 0 Å². The highest BCUT2D eigenvalue weighted by Gasteiger charge is 2.33. The van der Waals surface area contributed by atoms with Gasteiger partial charge in [-0.3, -0.25) is 14.9 Å². The van der Waals surface area contributed by atoms with E-state index in [1.165, 1.54) is 72.8 Å². The molecule has 0 saturated heterocycles. The third-order valence-corrected chi connectivity index (χ3v) is 8.10. The third-order valence-electron chi connectivity index (χ3n) is 8.10. The number of anilines is 1. The van der Waals surface area contributed by atoms with E-state index >= 15 is 0 Å². The van der Waals surface area contributed by atoms with Gasteiger partial charge in [-0.05, 0) is 65.9 Å². The summed E-state index contributed by atoms with van der Waals surface area (Å²) in [5, 5.41) is 25.6. The minimum Gasteiger partial charge on any atom is -0.461 e. The zero-order valence-corrected chi connectivity index (χ0v) is 24.7. The summed E-state index contributed by atoms with van der Waals surface area (Å²) in [6, 6.07) is 25.3. The van der Waals surface area contributed by atoms with Gasteiger partial charge in [0.1, 0.15) is 24.0 Å². The Kier molecular flexibility index (Phi) is 10.3. The normalized spacial score (nSPS) is 16.5. The van der Waals surface area contributed by atoms with Crippen LogP contribution in [0, 0.1) is 27.7 Å². The van der Waals surface area contributed by atoms with Crippen molar-refractivity contribution in [3.8, 4) is 0 Å². The number of benzene rings is 4. The number of nitro benzene ring substituents is 1. The monoisotopic (exact) mass is 626 g/mol. The Morgan fingerprint density at radius 3 is 2.13 bits per heavy atom. The zero-order valence-electron chi connectivity index (χ0n) is 24.7. The molecule has 0 amide bonds. The van der Waals surface area contributed by atoms with E-state index in [2.05, 4.69) is 5.32 Å². The Hall–Kier alpha value is -5.22. The van der Waals surface area contributed by atoms with Crippen LogP contribution in [0.2, 0.25) is 0 Å². The number of ether oxygens (including phenoxy) is 1. The number of nitro groups is 1. The number of carbonyl (C=O) groups excluding carboxylic acids is 2. The highest BCUT2D eigenvalue weighted by atomic mass is 19.1. The highest BCUT2D eigenvalue weighted by molar-refractivity contribution is 5.97. The fourth-order valence-corrected chi connectivity index (χ4v) is 5.61. The zero-order chi connectivity index (χ0) is 32.6. The number of aliphatic hydroxyl groups is 1. The Bertz CT molecular complexity index is 1690. The average Bonchev–Trinajstić information content (AvgIpc) is 3.07. The minimum absolute atomic E-state index is 0.104. The number of non-ortho nitro benzene ring substituents is 1. The van der Waals surface area contributed by atoms with Crippen molar-refractivity contribution in [3.05, 3.63) is 153 Å². The maximum Gasteiger partial charge on any atom is 0.334 e. The Morgan fingerprint density at radius 2 is 1.50 bits per heavy atom. The molecule has 1 aliphatic heterocycles. The molecule has 1 heterocycles. The van der Waals surface area contributed by atoms with Crippen molar-refractivity contribution in [1.29, 1.82) is 0 Å². The largest absolute Gasteiger partial charge is 0.461 e. The first kappa shape index (κ1) is 32.2. The number of rotatable bonds is 13. The van der Waals surface area contributed by atoms with Crippen molar-refractivity contribution in [2.75, 3.05) is 11.9 Å². The lowest BCUT2D eigenvalue weighted by molar-refractivity contribution is -0.384. The van der Waals surface area contributed by atoms with Gasteiger partial charge >= 0.3 is 5.97 Å². The molecule has 4 aromatic rings. The van der Waals surface area contributed by atoms with Gasteiger partial charge in [0.25, 0.3) is 5.69 Å². The predicted octanol–water partition coefficient (Wildman–Crippen LogP) is 7.38. The van der Waals surface area contributed by atoms with Crippen LogP contribution in [-0.2, 0) is 14.3 Å². The molecule has 0 aromatic heterocycles. The first-order valence-electron chi connectivity index (χ1n) is 14.8. The molecule has 2 N–H and O–H groups in total. The van der Waals surface area contributed by atoms with Gasteiger partial charge < -0.3 is 15.2 Å². The van der Waals surface area contributed by atoms with Gasteiger partial charge in [-0.2, -0.15) is 0 Å². The van der Waals surface area contributed by atoms with E-state index < -0.39 is 40.6 Å². The number of halogens is 2. The summed E-state index contributed by atoms with van der Waals surface area (Å²) in [5.74, 6) is -2.93.